The number of methoxy groups -OCH3 is 3. The van der Waals surface area contributed by atoms with Gasteiger partial charge in [0, 0.05) is 26.8 Å². The van der Waals surface area contributed by atoms with Gasteiger partial charge in [0.15, 0.2) is 0 Å². The zero-order valence-electron chi connectivity index (χ0n) is 21.3. The maximum atomic E-state index is 14.1. The van der Waals surface area contributed by atoms with Gasteiger partial charge in [0.2, 0.25) is 10.0 Å². The first-order valence-corrected chi connectivity index (χ1v) is 13.3. The molecule has 2 aromatic carbocycles. The van der Waals surface area contributed by atoms with Crippen LogP contribution in [-0.2, 0) is 32.6 Å². The van der Waals surface area contributed by atoms with Crippen LogP contribution in [-0.4, -0.2) is 59.1 Å². The number of sulfonamides is 1. The van der Waals surface area contributed by atoms with E-state index in [1.165, 1.54) is 0 Å². The molecule has 0 aliphatic heterocycles. The summed E-state index contributed by atoms with van der Waals surface area (Å²) in [5.41, 5.74) is 1.77. The van der Waals surface area contributed by atoms with Gasteiger partial charge in [0.1, 0.15) is 11.5 Å². The van der Waals surface area contributed by atoms with E-state index in [9.17, 15) is 8.42 Å². The van der Waals surface area contributed by atoms with Gasteiger partial charge in [-0.25, -0.2) is 8.42 Å². The van der Waals surface area contributed by atoms with E-state index >= 15 is 0 Å². The summed E-state index contributed by atoms with van der Waals surface area (Å²) in [5, 5.41) is -0.612. The second kappa shape index (κ2) is 14.9. The highest BCUT2D eigenvalue weighted by Gasteiger charge is 2.35. The van der Waals surface area contributed by atoms with E-state index in [1.54, 1.807) is 31.7 Å². The van der Waals surface area contributed by atoms with Gasteiger partial charge in [-0.3, -0.25) is 0 Å². The molecule has 2 rings (SSSR count). The van der Waals surface area contributed by atoms with Crippen molar-refractivity contribution >= 4 is 10.0 Å². The summed E-state index contributed by atoms with van der Waals surface area (Å²) in [5.74, 6) is 1.34. The SMILES string of the molecule is C=CC[C@@H](C)[C@H](CCOCCOC)S(=O)(=O)N(Cc1ccc(OC)cc1)Cc1ccc(OC)cc1. The predicted molar refractivity (Wildman–Crippen MR) is 139 cm³/mol. The van der Waals surface area contributed by atoms with E-state index in [2.05, 4.69) is 6.58 Å². The van der Waals surface area contributed by atoms with Gasteiger partial charge in [0.25, 0.3) is 0 Å². The van der Waals surface area contributed by atoms with E-state index in [4.69, 9.17) is 18.9 Å². The Morgan fingerprint density at radius 1 is 0.857 bits per heavy atom. The summed E-state index contributed by atoms with van der Waals surface area (Å²) in [4.78, 5) is 0. The molecule has 0 aromatic heterocycles. The van der Waals surface area contributed by atoms with E-state index < -0.39 is 15.3 Å². The van der Waals surface area contributed by atoms with Crippen molar-refractivity contribution in [3.63, 3.8) is 0 Å². The van der Waals surface area contributed by atoms with Gasteiger partial charge in [-0.1, -0.05) is 37.3 Å². The van der Waals surface area contributed by atoms with Crippen LogP contribution in [0.2, 0.25) is 0 Å². The topological polar surface area (TPSA) is 74.3 Å². The fourth-order valence-electron chi connectivity index (χ4n) is 3.88. The van der Waals surface area contributed by atoms with Crippen LogP contribution in [0, 0.1) is 5.92 Å². The highest BCUT2D eigenvalue weighted by atomic mass is 32.2. The van der Waals surface area contributed by atoms with Crippen molar-refractivity contribution in [3.8, 4) is 11.5 Å². The molecule has 0 fully saturated rings. The van der Waals surface area contributed by atoms with Crippen LogP contribution in [0.3, 0.4) is 0 Å². The molecule has 0 unspecified atom stereocenters. The molecule has 0 bridgehead atoms. The first-order valence-electron chi connectivity index (χ1n) is 11.8. The van der Waals surface area contributed by atoms with Gasteiger partial charge < -0.3 is 18.9 Å². The molecule has 0 N–H and O–H groups in total. The molecule has 0 aliphatic carbocycles. The van der Waals surface area contributed by atoms with Crippen LogP contribution in [0.15, 0.2) is 61.2 Å². The fraction of sp³-hybridized carbons (Fsp3) is 0.481. The van der Waals surface area contributed by atoms with Crippen molar-refractivity contribution in [2.45, 2.75) is 38.1 Å². The van der Waals surface area contributed by atoms with Crippen LogP contribution in [0.4, 0.5) is 0 Å². The molecule has 2 atom stereocenters. The molecule has 194 valence electrons. The Balaban J connectivity index is 2.34. The van der Waals surface area contributed by atoms with Gasteiger partial charge in [-0.05, 0) is 54.2 Å². The lowest BCUT2D eigenvalue weighted by Gasteiger charge is -2.31. The van der Waals surface area contributed by atoms with Gasteiger partial charge in [-0.15, -0.1) is 6.58 Å². The number of allylic oxidation sites excluding steroid dienone is 1. The molecule has 0 saturated carbocycles. The minimum absolute atomic E-state index is 0.113. The van der Waals surface area contributed by atoms with Gasteiger partial charge >= 0.3 is 0 Å². The second-order valence-electron chi connectivity index (χ2n) is 8.44. The summed E-state index contributed by atoms with van der Waals surface area (Å²) >= 11 is 0. The Hall–Kier alpha value is -2.39. The number of nitrogens with zero attached hydrogens (tertiary/aromatic N) is 1. The number of ether oxygens (including phenoxy) is 4. The Morgan fingerprint density at radius 3 is 1.80 bits per heavy atom. The Morgan fingerprint density at radius 2 is 1.37 bits per heavy atom. The molecular formula is C27H39NO6S. The zero-order valence-corrected chi connectivity index (χ0v) is 22.1. The molecule has 8 heteroatoms. The number of hydrogen-bond donors (Lipinski definition) is 0. The Bertz CT molecular complexity index is 926. The average molecular weight is 506 g/mol. The Labute approximate surface area is 210 Å². The van der Waals surface area contributed by atoms with Crippen molar-refractivity contribution in [2.24, 2.45) is 5.92 Å². The highest BCUT2D eigenvalue weighted by Crippen LogP contribution is 2.27. The van der Waals surface area contributed by atoms with Crippen LogP contribution in [0.1, 0.15) is 30.9 Å². The molecule has 0 aliphatic rings. The quantitative estimate of drug-likeness (QED) is 0.230. The lowest BCUT2D eigenvalue weighted by atomic mass is 10.0. The molecule has 0 saturated heterocycles. The van der Waals surface area contributed by atoms with E-state index in [0.29, 0.717) is 32.7 Å². The van der Waals surface area contributed by atoms with Crippen molar-refractivity contribution in [3.05, 3.63) is 72.3 Å². The lowest BCUT2D eigenvalue weighted by Crippen LogP contribution is -2.41. The molecule has 2 aromatic rings. The minimum atomic E-state index is -3.69. The lowest BCUT2D eigenvalue weighted by molar-refractivity contribution is 0.0676. The number of hydrogen-bond acceptors (Lipinski definition) is 6. The normalized spacial score (nSPS) is 13.4. The van der Waals surface area contributed by atoms with Crippen molar-refractivity contribution in [2.75, 3.05) is 41.2 Å². The summed E-state index contributed by atoms with van der Waals surface area (Å²) in [6.07, 6.45) is 2.76. The monoisotopic (exact) mass is 505 g/mol. The van der Waals surface area contributed by atoms with Crippen molar-refractivity contribution in [1.82, 2.24) is 4.31 Å². The van der Waals surface area contributed by atoms with E-state index in [-0.39, 0.29) is 19.0 Å². The summed E-state index contributed by atoms with van der Waals surface area (Å²) in [7, 11) is 1.13. The molecule has 7 nitrogen and oxygen atoms in total. The standard InChI is InChI=1S/C27H39NO6S/c1-6-7-22(2)27(16-17-34-19-18-31-3)35(29,30)28(20-23-8-12-25(32-4)13-9-23)21-24-10-14-26(33-5)15-11-24/h6,8-15,22,27H,1,7,16-21H2,2-5H3/t22-,27+/m1/s1. The first kappa shape index (κ1) is 28.8. The van der Waals surface area contributed by atoms with E-state index in [1.807, 2.05) is 55.5 Å². The second-order valence-corrected chi connectivity index (χ2v) is 10.6. The smallest absolute Gasteiger partial charge is 0.217 e. The van der Waals surface area contributed by atoms with Crippen LogP contribution >= 0.6 is 0 Å². The summed E-state index contributed by atoms with van der Waals surface area (Å²) in [6, 6.07) is 14.9. The number of benzene rings is 2. The molecule has 0 amide bonds. The third kappa shape index (κ3) is 8.96. The maximum absolute atomic E-state index is 14.1. The Kier molecular flexibility index (Phi) is 12.3. The summed E-state index contributed by atoms with van der Waals surface area (Å²) in [6.45, 7) is 7.52. The molecule has 0 radical (unpaired) electrons. The maximum Gasteiger partial charge on any atom is 0.217 e. The average Bonchev–Trinajstić information content (AvgIpc) is 2.86. The first-order chi connectivity index (χ1) is 16.8. The minimum Gasteiger partial charge on any atom is -0.497 e. The predicted octanol–water partition coefficient (Wildman–Crippen LogP) is 4.67. The number of rotatable bonds is 17. The van der Waals surface area contributed by atoms with Crippen molar-refractivity contribution < 1.29 is 27.4 Å². The molecule has 0 heterocycles. The summed E-state index contributed by atoms with van der Waals surface area (Å²) < 4.78 is 50.9. The third-order valence-electron chi connectivity index (χ3n) is 5.93. The largest absolute Gasteiger partial charge is 0.497 e. The van der Waals surface area contributed by atoms with Crippen LogP contribution in [0.5, 0.6) is 11.5 Å². The van der Waals surface area contributed by atoms with Gasteiger partial charge in [-0.2, -0.15) is 4.31 Å². The van der Waals surface area contributed by atoms with Crippen LogP contribution < -0.4 is 9.47 Å². The van der Waals surface area contributed by atoms with E-state index in [0.717, 1.165) is 22.6 Å². The molecular weight excluding hydrogens is 466 g/mol. The molecule has 0 spiro atoms. The highest BCUT2D eigenvalue weighted by molar-refractivity contribution is 7.89. The third-order valence-corrected chi connectivity index (χ3v) is 8.37. The van der Waals surface area contributed by atoms with Crippen molar-refractivity contribution in [1.29, 1.82) is 0 Å². The van der Waals surface area contributed by atoms with Crippen LogP contribution in [0.25, 0.3) is 0 Å². The van der Waals surface area contributed by atoms with Gasteiger partial charge in [0.05, 0.1) is 32.7 Å². The zero-order chi connectivity index (χ0) is 25.7. The fourth-order valence-corrected chi connectivity index (χ4v) is 6.02. The molecule has 35 heavy (non-hydrogen) atoms.